The second-order valence-corrected chi connectivity index (χ2v) is 2.62. The van der Waals surface area contributed by atoms with Gasteiger partial charge in [0.2, 0.25) is 0 Å². The highest BCUT2D eigenvalue weighted by atomic mass is 19.2. The molecule has 1 radical (unpaired) electrons. The maximum Gasteiger partial charge on any atom is 0.166 e. The van der Waals surface area contributed by atoms with Gasteiger partial charge in [-0.3, -0.25) is 0 Å². The first-order valence-corrected chi connectivity index (χ1v) is 4.23. The molecule has 0 N–H and O–H groups in total. The largest absolute Gasteiger partial charge is 0.377 e. The highest BCUT2D eigenvalue weighted by Gasteiger charge is 2.03. The van der Waals surface area contributed by atoms with Crippen LogP contribution in [0.25, 0.3) is 6.08 Å². The predicted molar refractivity (Wildman–Crippen MR) is 51.6 cm³/mol. The van der Waals surface area contributed by atoms with Crippen LogP contribution in [0.3, 0.4) is 0 Å². The van der Waals surface area contributed by atoms with Crippen LogP contribution in [0.5, 0.6) is 0 Å². The summed E-state index contributed by atoms with van der Waals surface area (Å²) in [5.41, 5.74) is 0.220. The van der Waals surface area contributed by atoms with Gasteiger partial charge in [0.1, 0.15) is 0 Å². The highest BCUT2D eigenvalue weighted by Crippen LogP contribution is 2.12. The van der Waals surface area contributed by atoms with E-state index in [9.17, 15) is 8.78 Å². The summed E-state index contributed by atoms with van der Waals surface area (Å²) in [6, 6.07) is 4.04. The Labute approximate surface area is 82.0 Å². The molecular weight excluding hydrogens is 186 g/mol. The molecule has 14 heavy (non-hydrogen) atoms. The fraction of sp³-hybridized carbons (Fsp3) is 0.182. The van der Waals surface area contributed by atoms with Crippen LogP contribution in [-0.2, 0) is 4.74 Å². The first-order chi connectivity index (χ1) is 6.75. The standard InChI is InChI=1S/C11H11F2O/c1-2-14-8-4-6-9-5-3-7-10(12)11(9)13/h3-7H,1-2,8H2. The minimum absolute atomic E-state index is 0.220. The molecule has 0 bridgehead atoms. The maximum absolute atomic E-state index is 13.0. The summed E-state index contributed by atoms with van der Waals surface area (Å²) < 4.78 is 30.6. The van der Waals surface area contributed by atoms with Crippen molar-refractivity contribution < 1.29 is 13.5 Å². The monoisotopic (exact) mass is 197 g/mol. The Hall–Kier alpha value is -1.22. The second-order valence-electron chi connectivity index (χ2n) is 2.62. The molecule has 0 aliphatic rings. The van der Waals surface area contributed by atoms with E-state index in [-0.39, 0.29) is 5.56 Å². The van der Waals surface area contributed by atoms with Crippen molar-refractivity contribution >= 4 is 6.08 Å². The van der Waals surface area contributed by atoms with E-state index in [1.807, 2.05) is 0 Å². The molecule has 3 heteroatoms. The van der Waals surface area contributed by atoms with Gasteiger partial charge in [-0.25, -0.2) is 8.78 Å². The first kappa shape index (κ1) is 10.9. The van der Waals surface area contributed by atoms with Gasteiger partial charge in [-0.15, -0.1) is 0 Å². The molecule has 75 valence electrons. The second kappa shape index (κ2) is 5.50. The Bertz CT molecular complexity index is 321. The summed E-state index contributed by atoms with van der Waals surface area (Å²) in [5.74, 6) is -1.68. The lowest BCUT2D eigenvalue weighted by atomic mass is 10.2. The van der Waals surface area contributed by atoms with Crippen molar-refractivity contribution in [3.8, 4) is 0 Å². The lowest BCUT2D eigenvalue weighted by Gasteiger charge is -1.97. The number of halogens is 2. The Kier molecular flexibility index (Phi) is 4.26. The molecule has 1 nitrogen and oxygen atoms in total. The van der Waals surface area contributed by atoms with Crippen molar-refractivity contribution in [1.82, 2.24) is 0 Å². The zero-order chi connectivity index (χ0) is 10.4. The van der Waals surface area contributed by atoms with Gasteiger partial charge in [0.05, 0.1) is 6.61 Å². The molecule has 0 atom stereocenters. The zero-order valence-electron chi connectivity index (χ0n) is 7.67. The van der Waals surface area contributed by atoms with E-state index in [1.54, 1.807) is 6.08 Å². The van der Waals surface area contributed by atoms with Gasteiger partial charge in [0.15, 0.2) is 11.6 Å². The summed E-state index contributed by atoms with van der Waals surface area (Å²) in [5, 5.41) is 0. The van der Waals surface area contributed by atoms with Crippen LogP contribution in [-0.4, -0.2) is 13.2 Å². The molecule has 0 aliphatic heterocycles. The number of rotatable bonds is 4. The van der Waals surface area contributed by atoms with E-state index >= 15 is 0 Å². The van der Waals surface area contributed by atoms with Gasteiger partial charge in [0.25, 0.3) is 0 Å². The average molecular weight is 197 g/mol. The maximum atomic E-state index is 13.0. The average Bonchev–Trinajstić information content (AvgIpc) is 2.19. The van der Waals surface area contributed by atoms with Gasteiger partial charge >= 0.3 is 0 Å². The van der Waals surface area contributed by atoms with Crippen LogP contribution < -0.4 is 0 Å². The molecule has 0 spiro atoms. The molecule has 0 saturated heterocycles. The van der Waals surface area contributed by atoms with Crippen LogP contribution >= 0.6 is 0 Å². The van der Waals surface area contributed by atoms with Gasteiger partial charge in [-0.2, -0.15) is 0 Å². The minimum Gasteiger partial charge on any atom is -0.377 e. The number of ether oxygens (including phenoxy) is 1. The third-order valence-corrected chi connectivity index (χ3v) is 1.64. The Morgan fingerprint density at radius 3 is 2.86 bits per heavy atom. The van der Waals surface area contributed by atoms with Crippen molar-refractivity contribution in [3.63, 3.8) is 0 Å². The fourth-order valence-electron chi connectivity index (χ4n) is 0.976. The fourth-order valence-corrected chi connectivity index (χ4v) is 0.976. The lowest BCUT2D eigenvalue weighted by molar-refractivity contribution is 0.193. The third kappa shape index (κ3) is 2.92. The van der Waals surface area contributed by atoms with Crippen LogP contribution in [0.4, 0.5) is 8.78 Å². The first-order valence-electron chi connectivity index (χ1n) is 4.23. The number of hydrogen-bond acceptors (Lipinski definition) is 1. The minimum atomic E-state index is -0.842. The topological polar surface area (TPSA) is 9.23 Å². The molecule has 0 unspecified atom stereocenters. The third-order valence-electron chi connectivity index (χ3n) is 1.64. The van der Waals surface area contributed by atoms with Crippen molar-refractivity contribution in [2.45, 2.75) is 0 Å². The summed E-state index contributed by atoms with van der Waals surface area (Å²) in [4.78, 5) is 0. The molecule has 1 aromatic rings. The van der Waals surface area contributed by atoms with Crippen LogP contribution in [0.2, 0.25) is 0 Å². The smallest absolute Gasteiger partial charge is 0.166 e. The van der Waals surface area contributed by atoms with E-state index in [1.165, 1.54) is 18.2 Å². The van der Waals surface area contributed by atoms with E-state index < -0.39 is 11.6 Å². The SMILES string of the molecule is [CH2]COCC=Cc1cccc(F)c1F. The van der Waals surface area contributed by atoms with Gasteiger partial charge in [0, 0.05) is 12.2 Å². The molecule has 0 aliphatic carbocycles. The van der Waals surface area contributed by atoms with Crippen LogP contribution in [0.15, 0.2) is 24.3 Å². The number of hydrogen-bond donors (Lipinski definition) is 0. The summed E-state index contributed by atoms with van der Waals surface area (Å²) in [7, 11) is 0. The molecule has 0 aromatic heterocycles. The summed E-state index contributed by atoms with van der Waals surface area (Å²) in [6.07, 6.45) is 3.09. The molecule has 1 aromatic carbocycles. The van der Waals surface area contributed by atoms with E-state index in [0.717, 1.165) is 6.07 Å². The van der Waals surface area contributed by atoms with Gasteiger partial charge in [-0.05, 0) is 13.0 Å². The lowest BCUT2D eigenvalue weighted by Crippen LogP contribution is -1.90. The molecular formula is C11H11F2O. The van der Waals surface area contributed by atoms with Gasteiger partial charge in [-0.1, -0.05) is 24.3 Å². The summed E-state index contributed by atoms with van der Waals surface area (Å²) >= 11 is 0. The quantitative estimate of drug-likeness (QED) is 0.674. The molecule has 0 saturated carbocycles. The molecule has 0 heterocycles. The normalized spacial score (nSPS) is 11.1. The van der Waals surface area contributed by atoms with Crippen molar-refractivity contribution in [3.05, 3.63) is 48.4 Å². The molecule has 0 amide bonds. The van der Waals surface area contributed by atoms with Gasteiger partial charge < -0.3 is 4.74 Å². The Morgan fingerprint density at radius 2 is 2.14 bits per heavy atom. The highest BCUT2D eigenvalue weighted by molar-refractivity contribution is 5.49. The van der Waals surface area contributed by atoms with Crippen LogP contribution in [0, 0.1) is 18.6 Å². The Morgan fingerprint density at radius 1 is 1.36 bits per heavy atom. The number of benzene rings is 1. The zero-order valence-corrected chi connectivity index (χ0v) is 7.67. The summed E-state index contributed by atoms with van der Waals surface area (Å²) in [6.45, 7) is 4.18. The molecule has 1 rings (SSSR count). The van der Waals surface area contributed by atoms with E-state index in [2.05, 4.69) is 6.92 Å². The van der Waals surface area contributed by atoms with E-state index in [4.69, 9.17) is 4.74 Å². The van der Waals surface area contributed by atoms with Crippen molar-refractivity contribution in [2.24, 2.45) is 0 Å². The van der Waals surface area contributed by atoms with Crippen molar-refractivity contribution in [2.75, 3.05) is 13.2 Å². The van der Waals surface area contributed by atoms with Crippen molar-refractivity contribution in [1.29, 1.82) is 0 Å². The Balaban J connectivity index is 2.67. The molecule has 0 fully saturated rings. The predicted octanol–water partition coefficient (Wildman–Crippen LogP) is 2.83. The van der Waals surface area contributed by atoms with Crippen LogP contribution in [0.1, 0.15) is 5.56 Å². The van der Waals surface area contributed by atoms with E-state index in [0.29, 0.717) is 13.2 Å².